The van der Waals surface area contributed by atoms with Crippen molar-refractivity contribution in [2.24, 2.45) is 4.99 Å². The van der Waals surface area contributed by atoms with Crippen molar-refractivity contribution in [3.8, 4) is 5.88 Å². The van der Waals surface area contributed by atoms with Gasteiger partial charge in [0.2, 0.25) is 5.88 Å². The highest BCUT2D eigenvalue weighted by Crippen LogP contribution is 2.22. The summed E-state index contributed by atoms with van der Waals surface area (Å²) in [7, 11) is 1.77. The Morgan fingerprint density at radius 3 is 2.77 bits per heavy atom. The van der Waals surface area contributed by atoms with Crippen molar-refractivity contribution >= 4 is 17.3 Å². The van der Waals surface area contributed by atoms with Crippen LogP contribution in [0.5, 0.6) is 5.88 Å². The normalized spacial score (nSPS) is 15.7. The zero-order valence-electron chi connectivity index (χ0n) is 15.5. The summed E-state index contributed by atoms with van der Waals surface area (Å²) < 4.78 is 6.05. The summed E-state index contributed by atoms with van der Waals surface area (Å²) in [5.74, 6) is 1.47. The predicted octanol–water partition coefficient (Wildman–Crippen LogP) is 3.42. The lowest BCUT2D eigenvalue weighted by atomic mass is 9.98. The fraction of sp³-hybridized carbons (Fsp3) is 0.526. The molecule has 26 heavy (non-hydrogen) atoms. The van der Waals surface area contributed by atoms with Crippen LogP contribution >= 0.6 is 11.3 Å². The average Bonchev–Trinajstić information content (AvgIpc) is 3.08. The maximum absolute atomic E-state index is 6.05. The first-order chi connectivity index (χ1) is 12.7. The third kappa shape index (κ3) is 5.69. The van der Waals surface area contributed by atoms with E-state index in [0.29, 0.717) is 19.2 Å². The SMILES string of the molecule is CN=C(NCc1ccnc(OC2CCCCC2)c1)NCc1ncc(C)s1. The van der Waals surface area contributed by atoms with Crippen LogP contribution in [0.2, 0.25) is 0 Å². The van der Waals surface area contributed by atoms with Gasteiger partial charge in [0.25, 0.3) is 0 Å². The number of hydrogen-bond acceptors (Lipinski definition) is 5. The molecular formula is C19H27N5OS. The first-order valence-electron chi connectivity index (χ1n) is 9.20. The lowest BCUT2D eigenvalue weighted by Crippen LogP contribution is -2.36. The molecule has 3 rings (SSSR count). The number of nitrogens with one attached hydrogen (secondary N) is 2. The number of aliphatic imine (C=N–C) groups is 1. The van der Waals surface area contributed by atoms with Gasteiger partial charge in [-0.15, -0.1) is 11.3 Å². The number of aromatic nitrogens is 2. The van der Waals surface area contributed by atoms with E-state index in [9.17, 15) is 0 Å². The fourth-order valence-corrected chi connectivity index (χ4v) is 3.75. The lowest BCUT2D eigenvalue weighted by molar-refractivity contribution is 0.148. The van der Waals surface area contributed by atoms with Gasteiger partial charge in [0, 0.05) is 36.9 Å². The van der Waals surface area contributed by atoms with Crippen molar-refractivity contribution in [1.29, 1.82) is 0 Å². The third-order valence-electron chi connectivity index (χ3n) is 4.40. The van der Waals surface area contributed by atoms with Gasteiger partial charge in [0.05, 0.1) is 6.54 Å². The van der Waals surface area contributed by atoms with Crippen LogP contribution in [0, 0.1) is 6.92 Å². The zero-order valence-corrected chi connectivity index (χ0v) is 16.3. The molecule has 0 atom stereocenters. The summed E-state index contributed by atoms with van der Waals surface area (Å²) in [5, 5.41) is 7.67. The Labute approximate surface area is 159 Å². The minimum atomic E-state index is 0.315. The van der Waals surface area contributed by atoms with Crippen LogP contribution in [0.1, 0.15) is 47.6 Å². The Hall–Kier alpha value is -2.15. The predicted molar refractivity (Wildman–Crippen MR) is 106 cm³/mol. The van der Waals surface area contributed by atoms with Crippen molar-refractivity contribution < 1.29 is 4.74 Å². The maximum atomic E-state index is 6.05. The Balaban J connectivity index is 1.48. The molecule has 0 spiro atoms. The van der Waals surface area contributed by atoms with Crippen LogP contribution in [-0.4, -0.2) is 29.1 Å². The van der Waals surface area contributed by atoms with Crippen LogP contribution in [-0.2, 0) is 13.1 Å². The molecule has 6 nitrogen and oxygen atoms in total. The highest BCUT2D eigenvalue weighted by Gasteiger charge is 2.15. The number of rotatable bonds is 6. The smallest absolute Gasteiger partial charge is 0.213 e. The summed E-state index contributed by atoms with van der Waals surface area (Å²) in [4.78, 5) is 14.2. The molecule has 1 aliphatic rings. The molecule has 0 unspecified atom stereocenters. The summed E-state index contributed by atoms with van der Waals surface area (Å²) in [6, 6.07) is 4.01. The average molecular weight is 374 g/mol. The molecule has 0 aliphatic heterocycles. The molecule has 140 valence electrons. The van der Waals surface area contributed by atoms with Gasteiger partial charge in [-0.05, 0) is 44.2 Å². The molecule has 2 heterocycles. The highest BCUT2D eigenvalue weighted by atomic mass is 32.1. The van der Waals surface area contributed by atoms with Crippen molar-refractivity contribution in [3.63, 3.8) is 0 Å². The van der Waals surface area contributed by atoms with E-state index in [1.54, 1.807) is 18.4 Å². The molecule has 1 fully saturated rings. The molecule has 0 radical (unpaired) electrons. The number of hydrogen-bond donors (Lipinski definition) is 2. The molecule has 2 aromatic heterocycles. The fourth-order valence-electron chi connectivity index (χ4n) is 3.03. The van der Waals surface area contributed by atoms with Crippen molar-refractivity contribution in [1.82, 2.24) is 20.6 Å². The Kier molecular flexibility index (Phi) is 6.82. The molecule has 2 aromatic rings. The van der Waals surface area contributed by atoms with Gasteiger partial charge < -0.3 is 15.4 Å². The summed E-state index contributed by atoms with van der Waals surface area (Å²) in [5.41, 5.74) is 1.12. The van der Waals surface area contributed by atoms with E-state index in [0.717, 1.165) is 35.3 Å². The molecule has 0 aromatic carbocycles. The molecule has 0 amide bonds. The number of thiazole rings is 1. The maximum Gasteiger partial charge on any atom is 0.213 e. The Morgan fingerprint density at radius 1 is 1.23 bits per heavy atom. The summed E-state index contributed by atoms with van der Waals surface area (Å²) >= 11 is 1.69. The van der Waals surface area contributed by atoms with E-state index >= 15 is 0 Å². The van der Waals surface area contributed by atoms with Gasteiger partial charge in [0.1, 0.15) is 11.1 Å². The largest absolute Gasteiger partial charge is 0.474 e. The third-order valence-corrected chi connectivity index (χ3v) is 5.31. The first kappa shape index (κ1) is 18.6. The first-order valence-corrected chi connectivity index (χ1v) is 10.0. The summed E-state index contributed by atoms with van der Waals surface area (Å²) in [6.45, 7) is 3.40. The molecule has 0 bridgehead atoms. The van der Waals surface area contributed by atoms with Crippen LogP contribution in [0.4, 0.5) is 0 Å². The van der Waals surface area contributed by atoms with Crippen LogP contribution in [0.3, 0.4) is 0 Å². The van der Waals surface area contributed by atoms with E-state index in [1.807, 2.05) is 24.5 Å². The molecular weight excluding hydrogens is 346 g/mol. The second-order valence-electron chi connectivity index (χ2n) is 6.52. The van der Waals surface area contributed by atoms with Gasteiger partial charge in [-0.2, -0.15) is 0 Å². The highest BCUT2D eigenvalue weighted by molar-refractivity contribution is 7.11. The topological polar surface area (TPSA) is 71.4 Å². The van der Waals surface area contributed by atoms with E-state index in [2.05, 4.69) is 32.5 Å². The monoisotopic (exact) mass is 373 g/mol. The Bertz CT molecular complexity index is 724. The van der Waals surface area contributed by atoms with Crippen LogP contribution in [0.15, 0.2) is 29.5 Å². The Morgan fingerprint density at radius 2 is 2.04 bits per heavy atom. The van der Waals surface area contributed by atoms with Crippen molar-refractivity contribution in [3.05, 3.63) is 40.0 Å². The lowest BCUT2D eigenvalue weighted by Gasteiger charge is -2.22. The van der Waals surface area contributed by atoms with Gasteiger partial charge in [-0.3, -0.25) is 4.99 Å². The standard InChI is InChI=1S/C19H27N5OS/c1-14-11-22-18(26-14)13-24-19(20-2)23-12-15-8-9-21-17(10-15)25-16-6-4-3-5-7-16/h8-11,16H,3-7,12-13H2,1-2H3,(H2,20,23,24). The molecule has 2 N–H and O–H groups in total. The van der Waals surface area contributed by atoms with Gasteiger partial charge >= 0.3 is 0 Å². The van der Waals surface area contributed by atoms with Gasteiger partial charge in [-0.25, -0.2) is 9.97 Å². The quantitative estimate of drug-likeness (QED) is 0.600. The number of pyridine rings is 1. The zero-order chi connectivity index (χ0) is 18.2. The van der Waals surface area contributed by atoms with Gasteiger partial charge in [-0.1, -0.05) is 6.42 Å². The molecule has 0 saturated heterocycles. The molecule has 1 saturated carbocycles. The van der Waals surface area contributed by atoms with Crippen molar-refractivity contribution in [2.45, 2.75) is 58.2 Å². The van der Waals surface area contributed by atoms with E-state index < -0.39 is 0 Å². The number of ether oxygens (including phenoxy) is 1. The van der Waals surface area contributed by atoms with Crippen LogP contribution in [0.25, 0.3) is 0 Å². The second-order valence-corrected chi connectivity index (χ2v) is 7.84. The minimum Gasteiger partial charge on any atom is -0.474 e. The second kappa shape index (κ2) is 9.52. The molecule has 7 heteroatoms. The number of aryl methyl sites for hydroxylation is 1. The number of nitrogens with zero attached hydrogens (tertiary/aromatic N) is 3. The molecule has 1 aliphatic carbocycles. The number of guanidine groups is 1. The van der Waals surface area contributed by atoms with E-state index in [-0.39, 0.29) is 0 Å². The summed E-state index contributed by atoms with van der Waals surface area (Å²) in [6.07, 6.45) is 10.1. The van der Waals surface area contributed by atoms with E-state index in [1.165, 1.54) is 24.1 Å². The van der Waals surface area contributed by atoms with Gasteiger partial charge in [0.15, 0.2) is 5.96 Å². The van der Waals surface area contributed by atoms with Crippen LogP contribution < -0.4 is 15.4 Å². The minimum absolute atomic E-state index is 0.315. The van der Waals surface area contributed by atoms with E-state index in [4.69, 9.17) is 4.74 Å². The van der Waals surface area contributed by atoms with Crippen molar-refractivity contribution in [2.75, 3.05) is 7.05 Å².